The normalized spacial score (nSPS) is 11.7. The van der Waals surface area contributed by atoms with E-state index in [4.69, 9.17) is 19.9 Å². The summed E-state index contributed by atoms with van der Waals surface area (Å²) in [6, 6.07) is 70.1. The predicted octanol–water partition coefficient (Wildman–Crippen LogP) is 14.2. The van der Waals surface area contributed by atoms with Gasteiger partial charge in [-0.2, -0.15) is 0 Å². The first kappa shape index (κ1) is 34.3. The number of pyridine rings is 1. The van der Waals surface area contributed by atoms with Gasteiger partial charge in [-0.25, -0.2) is 19.9 Å². The summed E-state index contributed by atoms with van der Waals surface area (Å²) in [6.07, 6.45) is 0. The number of aromatic nitrogens is 5. The van der Waals surface area contributed by atoms with Gasteiger partial charge in [0, 0.05) is 65.1 Å². The van der Waals surface area contributed by atoms with Crippen LogP contribution >= 0.6 is 11.3 Å². The number of rotatable bonds is 6. The number of para-hydroxylation sites is 3. The molecule has 60 heavy (non-hydrogen) atoms. The second-order valence-corrected chi connectivity index (χ2v) is 16.0. The van der Waals surface area contributed by atoms with Crippen molar-refractivity contribution in [2.45, 2.75) is 0 Å². The van der Waals surface area contributed by atoms with Gasteiger partial charge in [0.1, 0.15) is 0 Å². The number of hydrogen-bond donors (Lipinski definition) is 0. The fraction of sp³-hybridized carbons (Fsp3) is 0. The maximum atomic E-state index is 5.44. The summed E-state index contributed by atoms with van der Waals surface area (Å²) in [5, 5.41) is 6.14. The van der Waals surface area contributed by atoms with Crippen LogP contribution < -0.4 is 0 Å². The summed E-state index contributed by atoms with van der Waals surface area (Å²) in [7, 11) is 0. The van der Waals surface area contributed by atoms with Crippen LogP contribution in [0, 0.1) is 0 Å². The number of thiophene rings is 1. The van der Waals surface area contributed by atoms with Crippen molar-refractivity contribution in [3.8, 4) is 62.2 Å². The van der Waals surface area contributed by atoms with Crippen molar-refractivity contribution >= 4 is 64.2 Å². The highest BCUT2D eigenvalue weighted by atomic mass is 32.1. The third kappa shape index (κ3) is 5.61. The summed E-state index contributed by atoms with van der Waals surface area (Å²) in [4.78, 5) is 20.6. The topological polar surface area (TPSA) is 56.5 Å². The lowest BCUT2D eigenvalue weighted by Crippen LogP contribution is -2.00. The highest BCUT2D eigenvalue weighted by Crippen LogP contribution is 2.44. The molecule has 0 aliphatic rings. The Hall–Kier alpha value is -7.80. The van der Waals surface area contributed by atoms with E-state index >= 15 is 0 Å². The van der Waals surface area contributed by atoms with Crippen LogP contribution in [0.15, 0.2) is 200 Å². The molecule has 0 amide bonds. The molecule has 0 saturated heterocycles. The Morgan fingerprint density at radius 3 is 1.47 bits per heavy atom. The Kier molecular flexibility index (Phi) is 7.96. The van der Waals surface area contributed by atoms with Crippen molar-refractivity contribution < 1.29 is 0 Å². The van der Waals surface area contributed by atoms with E-state index in [0.29, 0.717) is 17.5 Å². The molecule has 4 aromatic heterocycles. The average Bonchev–Trinajstić information content (AvgIpc) is 3.88. The van der Waals surface area contributed by atoms with E-state index in [1.807, 2.05) is 41.7 Å². The Labute approximate surface area is 349 Å². The quantitative estimate of drug-likeness (QED) is 0.169. The molecule has 12 aromatic rings. The van der Waals surface area contributed by atoms with Gasteiger partial charge in [-0.3, -0.25) is 0 Å². The third-order valence-electron chi connectivity index (χ3n) is 11.5. The molecule has 0 spiro atoms. The van der Waals surface area contributed by atoms with Gasteiger partial charge in [0.15, 0.2) is 17.5 Å². The average molecular weight is 784 g/mol. The summed E-state index contributed by atoms with van der Waals surface area (Å²) >= 11 is 1.82. The molecule has 12 rings (SSSR count). The molecule has 4 heterocycles. The SMILES string of the molecule is c1ccc(-c2nc(-c3ccc(-c4cccc5c4nc(-c4ccccc4)c4sc6ccccc6c45)cc3)nc(-c3ccc(-n4c5ccccc5c5ccccc54)cc3)n2)cc1. The molecule has 0 fully saturated rings. The monoisotopic (exact) mass is 783 g/mol. The lowest BCUT2D eigenvalue weighted by Gasteiger charge is -2.12. The van der Waals surface area contributed by atoms with E-state index in [2.05, 4.69) is 174 Å². The number of hydrogen-bond acceptors (Lipinski definition) is 5. The molecule has 6 heteroatoms. The molecule has 280 valence electrons. The summed E-state index contributed by atoms with van der Waals surface area (Å²) in [5.74, 6) is 1.87. The third-order valence-corrected chi connectivity index (χ3v) is 12.6. The standard InChI is InChI=1S/C54H33N5S/c1-3-14-35(15-4-1)49-51-48(43-20-9-12-25-47(43)60-51)44-22-13-21-40(50(44)55-49)34-26-28-37(29-27-34)53-56-52(36-16-5-2-6-17-36)57-54(58-53)38-30-32-39(33-31-38)59-45-23-10-7-18-41(45)42-19-8-11-24-46(42)59/h1-33H. The smallest absolute Gasteiger partial charge is 0.164 e. The Morgan fingerprint density at radius 2 is 0.833 bits per heavy atom. The molecule has 0 saturated carbocycles. The van der Waals surface area contributed by atoms with Crippen LogP contribution in [0.5, 0.6) is 0 Å². The van der Waals surface area contributed by atoms with Crippen molar-refractivity contribution in [1.82, 2.24) is 24.5 Å². The van der Waals surface area contributed by atoms with Crippen molar-refractivity contribution in [2.75, 3.05) is 0 Å². The lowest BCUT2D eigenvalue weighted by molar-refractivity contribution is 1.07. The van der Waals surface area contributed by atoms with Crippen molar-refractivity contribution in [3.05, 3.63) is 200 Å². The van der Waals surface area contributed by atoms with Gasteiger partial charge in [-0.15, -0.1) is 11.3 Å². The molecule has 8 aromatic carbocycles. The van der Waals surface area contributed by atoms with Crippen LogP contribution in [0.3, 0.4) is 0 Å². The molecule has 0 N–H and O–H groups in total. The molecule has 5 nitrogen and oxygen atoms in total. The minimum Gasteiger partial charge on any atom is -0.309 e. The summed E-state index contributed by atoms with van der Waals surface area (Å²) in [5.41, 5.74) is 11.5. The molecule has 0 unspecified atom stereocenters. The van der Waals surface area contributed by atoms with Crippen LogP contribution in [-0.4, -0.2) is 24.5 Å². The van der Waals surface area contributed by atoms with E-state index in [-0.39, 0.29) is 0 Å². The van der Waals surface area contributed by atoms with Crippen molar-refractivity contribution in [1.29, 1.82) is 0 Å². The van der Waals surface area contributed by atoms with E-state index in [1.54, 1.807) is 0 Å². The van der Waals surface area contributed by atoms with Crippen LogP contribution in [0.1, 0.15) is 0 Å². The largest absolute Gasteiger partial charge is 0.309 e. The van der Waals surface area contributed by atoms with Gasteiger partial charge in [0.05, 0.1) is 26.9 Å². The zero-order chi connectivity index (χ0) is 39.6. The lowest BCUT2D eigenvalue weighted by atomic mass is 9.97. The van der Waals surface area contributed by atoms with Gasteiger partial charge in [0.25, 0.3) is 0 Å². The van der Waals surface area contributed by atoms with E-state index in [1.165, 1.54) is 42.0 Å². The minimum atomic E-state index is 0.616. The van der Waals surface area contributed by atoms with Gasteiger partial charge in [-0.1, -0.05) is 158 Å². The number of nitrogens with zero attached hydrogens (tertiary/aromatic N) is 5. The predicted molar refractivity (Wildman–Crippen MR) is 250 cm³/mol. The zero-order valence-corrected chi connectivity index (χ0v) is 33.0. The first-order valence-electron chi connectivity index (χ1n) is 20.1. The number of benzene rings is 8. The fourth-order valence-electron chi connectivity index (χ4n) is 8.64. The minimum absolute atomic E-state index is 0.616. The first-order chi connectivity index (χ1) is 29.7. The van der Waals surface area contributed by atoms with Crippen molar-refractivity contribution in [2.24, 2.45) is 0 Å². The maximum Gasteiger partial charge on any atom is 0.164 e. The second-order valence-electron chi connectivity index (χ2n) is 15.0. The van der Waals surface area contributed by atoms with Gasteiger partial charge in [0.2, 0.25) is 0 Å². The zero-order valence-electron chi connectivity index (χ0n) is 32.2. The Balaban J connectivity index is 0.964. The maximum absolute atomic E-state index is 5.44. The van der Waals surface area contributed by atoms with Crippen LogP contribution in [0.25, 0.3) is 115 Å². The van der Waals surface area contributed by atoms with E-state index in [0.717, 1.165) is 55.7 Å². The Morgan fingerprint density at radius 1 is 0.350 bits per heavy atom. The van der Waals surface area contributed by atoms with Crippen LogP contribution in [-0.2, 0) is 0 Å². The molecular formula is C54H33N5S. The summed E-state index contributed by atoms with van der Waals surface area (Å²) in [6.45, 7) is 0. The van der Waals surface area contributed by atoms with Crippen LogP contribution in [0.4, 0.5) is 0 Å². The number of fused-ring (bicyclic) bond motifs is 8. The highest BCUT2D eigenvalue weighted by molar-refractivity contribution is 7.26. The molecule has 0 radical (unpaired) electrons. The molecule has 0 aliphatic heterocycles. The van der Waals surface area contributed by atoms with E-state index in [9.17, 15) is 0 Å². The molecule has 0 atom stereocenters. The van der Waals surface area contributed by atoms with Crippen molar-refractivity contribution in [3.63, 3.8) is 0 Å². The summed E-state index contributed by atoms with van der Waals surface area (Å²) < 4.78 is 4.80. The Bertz CT molecular complexity index is 3520. The molecule has 0 bridgehead atoms. The van der Waals surface area contributed by atoms with Gasteiger partial charge in [-0.05, 0) is 48.0 Å². The second kappa shape index (κ2) is 13.9. The highest BCUT2D eigenvalue weighted by Gasteiger charge is 2.19. The van der Waals surface area contributed by atoms with Gasteiger partial charge >= 0.3 is 0 Å². The van der Waals surface area contributed by atoms with E-state index < -0.39 is 0 Å². The first-order valence-corrected chi connectivity index (χ1v) is 20.9. The fourth-order valence-corrected chi connectivity index (χ4v) is 9.87. The van der Waals surface area contributed by atoms with Gasteiger partial charge < -0.3 is 4.57 Å². The van der Waals surface area contributed by atoms with Crippen LogP contribution in [0.2, 0.25) is 0 Å². The molecule has 0 aliphatic carbocycles. The molecular weight excluding hydrogens is 751 g/mol.